The van der Waals surface area contributed by atoms with E-state index in [-0.39, 0.29) is 25.6 Å². The van der Waals surface area contributed by atoms with Gasteiger partial charge in [0, 0.05) is 12.8 Å². The Balaban J connectivity index is 4.07. The first-order valence-electron chi connectivity index (χ1n) is 29.3. The summed E-state index contributed by atoms with van der Waals surface area (Å²) in [6, 6.07) is 0. The molecule has 0 aliphatic heterocycles. The van der Waals surface area contributed by atoms with Crippen LogP contribution in [0, 0.1) is 0 Å². The molecule has 0 heterocycles. The van der Waals surface area contributed by atoms with E-state index in [1.165, 1.54) is 238 Å². The van der Waals surface area contributed by atoms with Gasteiger partial charge in [0.1, 0.15) is 19.8 Å². The molecule has 2 unspecified atom stereocenters. The topological polar surface area (TPSA) is 108 Å². The quantitative estimate of drug-likeness (QED) is 0.0278. The van der Waals surface area contributed by atoms with Crippen LogP contribution in [0.4, 0.5) is 0 Å². The maximum Gasteiger partial charge on any atom is 0.472 e. The fourth-order valence-corrected chi connectivity index (χ4v) is 9.58. The number of carbonyl (C=O) groups excluding carboxylic acids is 2. The van der Waals surface area contributed by atoms with Crippen molar-refractivity contribution in [2.75, 3.05) is 47.5 Å². The zero-order valence-corrected chi connectivity index (χ0v) is 46.3. The number of esters is 2. The third-order valence-corrected chi connectivity index (χ3v) is 14.4. The molecule has 0 saturated carbocycles. The number of ether oxygens (including phenoxy) is 2. The average Bonchev–Trinajstić information content (AvgIpc) is 3.29. The molecule has 400 valence electrons. The van der Waals surface area contributed by atoms with Crippen LogP contribution in [0.15, 0.2) is 0 Å². The molecule has 67 heavy (non-hydrogen) atoms. The average molecular weight is 974 g/mol. The summed E-state index contributed by atoms with van der Waals surface area (Å²) >= 11 is 0. The molecule has 2 atom stereocenters. The summed E-state index contributed by atoms with van der Waals surface area (Å²) in [6.45, 7) is 4.51. The van der Waals surface area contributed by atoms with Crippen molar-refractivity contribution in [2.24, 2.45) is 0 Å². The van der Waals surface area contributed by atoms with Gasteiger partial charge in [0.25, 0.3) is 0 Å². The summed E-state index contributed by atoms with van der Waals surface area (Å²) in [5.74, 6) is -0.773. The SMILES string of the molecule is CCCCCCCCCCCCCCCCCCCCCCCCCCCCC(=O)OC(COC(=O)CCCCCCCCCCCCCCCCCCC)COP(=O)(O)OCC[N+](C)(C)C. The van der Waals surface area contributed by atoms with Gasteiger partial charge in [-0.2, -0.15) is 0 Å². The summed E-state index contributed by atoms with van der Waals surface area (Å²) in [7, 11) is 1.50. The van der Waals surface area contributed by atoms with Crippen molar-refractivity contribution in [3.05, 3.63) is 0 Å². The van der Waals surface area contributed by atoms with E-state index in [0.717, 1.165) is 38.5 Å². The molecule has 0 aliphatic rings. The van der Waals surface area contributed by atoms with Gasteiger partial charge >= 0.3 is 19.8 Å². The van der Waals surface area contributed by atoms with Gasteiger partial charge in [0.2, 0.25) is 0 Å². The normalized spacial score (nSPS) is 13.2. The molecule has 0 amide bonds. The Morgan fingerprint density at radius 3 is 0.955 bits per heavy atom. The minimum Gasteiger partial charge on any atom is -0.462 e. The molecule has 0 aromatic heterocycles. The first-order valence-corrected chi connectivity index (χ1v) is 30.8. The number of nitrogens with zero attached hydrogens (tertiary/aromatic N) is 1. The van der Waals surface area contributed by atoms with Crippen molar-refractivity contribution in [1.82, 2.24) is 0 Å². The zero-order valence-electron chi connectivity index (χ0n) is 45.4. The Kier molecular flexibility index (Phi) is 49.2. The first kappa shape index (κ1) is 66.0. The Morgan fingerprint density at radius 2 is 0.672 bits per heavy atom. The molecule has 10 heteroatoms. The van der Waals surface area contributed by atoms with E-state index in [0.29, 0.717) is 17.4 Å². The Morgan fingerprint density at radius 1 is 0.403 bits per heavy atom. The molecule has 0 fully saturated rings. The van der Waals surface area contributed by atoms with Crippen molar-refractivity contribution in [1.29, 1.82) is 0 Å². The van der Waals surface area contributed by atoms with Crippen molar-refractivity contribution in [2.45, 2.75) is 309 Å². The van der Waals surface area contributed by atoms with Gasteiger partial charge in [-0.15, -0.1) is 0 Å². The Bertz CT molecular complexity index is 1100. The van der Waals surface area contributed by atoms with Crippen LogP contribution in [-0.2, 0) is 32.7 Å². The number of likely N-dealkylation sites (N-methyl/N-ethyl adjacent to an activating group) is 1. The molecule has 0 spiro atoms. The lowest BCUT2D eigenvalue weighted by atomic mass is 10.0. The highest BCUT2D eigenvalue weighted by atomic mass is 31.2. The number of carbonyl (C=O) groups is 2. The fourth-order valence-electron chi connectivity index (χ4n) is 8.84. The zero-order chi connectivity index (χ0) is 49.2. The largest absolute Gasteiger partial charge is 0.472 e. The molecule has 0 aliphatic carbocycles. The van der Waals surface area contributed by atoms with Gasteiger partial charge < -0.3 is 18.9 Å². The Labute approximate surface area is 416 Å². The summed E-state index contributed by atoms with van der Waals surface area (Å²) in [5.41, 5.74) is 0. The molecular formula is C57H115NO8P+. The highest BCUT2D eigenvalue weighted by Gasteiger charge is 2.27. The van der Waals surface area contributed by atoms with Crippen molar-refractivity contribution >= 4 is 19.8 Å². The van der Waals surface area contributed by atoms with Crippen LogP contribution in [0.25, 0.3) is 0 Å². The molecule has 0 aromatic rings. The molecule has 0 saturated heterocycles. The lowest BCUT2D eigenvalue weighted by Gasteiger charge is -2.24. The smallest absolute Gasteiger partial charge is 0.462 e. The second-order valence-electron chi connectivity index (χ2n) is 21.4. The molecule has 0 radical (unpaired) electrons. The predicted octanol–water partition coefficient (Wildman–Crippen LogP) is 17.9. The van der Waals surface area contributed by atoms with Crippen LogP contribution in [0.1, 0.15) is 303 Å². The number of hydrogen-bond acceptors (Lipinski definition) is 7. The third-order valence-electron chi connectivity index (χ3n) is 13.4. The maximum absolute atomic E-state index is 12.8. The van der Waals surface area contributed by atoms with Crippen molar-refractivity contribution < 1.29 is 42.1 Å². The summed E-state index contributed by atoms with van der Waals surface area (Å²) < 4.78 is 34.6. The summed E-state index contributed by atoms with van der Waals surface area (Å²) in [5, 5.41) is 0. The Hall–Kier alpha value is -0.990. The number of quaternary nitrogens is 1. The van der Waals surface area contributed by atoms with E-state index in [2.05, 4.69) is 13.8 Å². The van der Waals surface area contributed by atoms with E-state index >= 15 is 0 Å². The number of phosphoric acid groups is 1. The van der Waals surface area contributed by atoms with E-state index in [1.807, 2.05) is 21.1 Å². The number of unbranched alkanes of at least 4 members (excludes halogenated alkanes) is 41. The van der Waals surface area contributed by atoms with E-state index in [4.69, 9.17) is 18.5 Å². The van der Waals surface area contributed by atoms with Crippen LogP contribution in [0.2, 0.25) is 0 Å². The second kappa shape index (κ2) is 50.0. The molecule has 0 aromatic carbocycles. The molecular weight excluding hydrogens is 858 g/mol. The van der Waals surface area contributed by atoms with Crippen LogP contribution in [0.3, 0.4) is 0 Å². The van der Waals surface area contributed by atoms with Crippen LogP contribution in [-0.4, -0.2) is 74.9 Å². The monoisotopic (exact) mass is 973 g/mol. The van der Waals surface area contributed by atoms with Gasteiger partial charge in [0.05, 0.1) is 27.7 Å². The molecule has 0 bridgehead atoms. The van der Waals surface area contributed by atoms with Gasteiger partial charge in [0.15, 0.2) is 6.10 Å². The minimum atomic E-state index is -4.38. The second-order valence-corrected chi connectivity index (χ2v) is 22.9. The number of hydrogen-bond donors (Lipinski definition) is 1. The first-order chi connectivity index (χ1) is 32.5. The van der Waals surface area contributed by atoms with Crippen molar-refractivity contribution in [3.8, 4) is 0 Å². The van der Waals surface area contributed by atoms with Gasteiger partial charge in [-0.3, -0.25) is 18.6 Å². The lowest BCUT2D eigenvalue weighted by Crippen LogP contribution is -2.37. The van der Waals surface area contributed by atoms with Crippen molar-refractivity contribution in [3.63, 3.8) is 0 Å². The van der Waals surface area contributed by atoms with Crippen LogP contribution >= 0.6 is 7.82 Å². The molecule has 0 rings (SSSR count). The maximum atomic E-state index is 12.8. The lowest BCUT2D eigenvalue weighted by molar-refractivity contribution is -0.870. The van der Waals surface area contributed by atoms with Gasteiger partial charge in [-0.1, -0.05) is 277 Å². The highest BCUT2D eigenvalue weighted by Crippen LogP contribution is 2.43. The van der Waals surface area contributed by atoms with E-state index < -0.39 is 26.5 Å². The summed E-state index contributed by atoms with van der Waals surface area (Å²) in [4.78, 5) is 35.7. The summed E-state index contributed by atoms with van der Waals surface area (Å²) in [6.07, 6.45) is 56.0. The van der Waals surface area contributed by atoms with E-state index in [1.54, 1.807) is 0 Å². The van der Waals surface area contributed by atoms with Crippen LogP contribution in [0.5, 0.6) is 0 Å². The molecule has 9 nitrogen and oxygen atoms in total. The van der Waals surface area contributed by atoms with Crippen LogP contribution < -0.4 is 0 Å². The highest BCUT2D eigenvalue weighted by molar-refractivity contribution is 7.47. The van der Waals surface area contributed by atoms with Gasteiger partial charge in [-0.25, -0.2) is 4.57 Å². The fraction of sp³-hybridized carbons (Fsp3) is 0.965. The predicted molar refractivity (Wildman–Crippen MR) is 285 cm³/mol. The van der Waals surface area contributed by atoms with E-state index in [9.17, 15) is 19.0 Å². The standard InChI is InChI=1S/C57H114NO8P/c1-6-8-10-12-14-16-18-20-22-24-25-26-27-28-29-30-31-32-34-36-38-40-42-44-46-48-50-57(60)66-55(54-65-67(61,62)64-52-51-58(3,4)5)53-63-56(59)49-47-45-43-41-39-37-35-33-23-21-19-17-15-13-11-9-7-2/h55H,6-54H2,1-5H3/p+1. The number of phosphoric ester groups is 1. The molecule has 1 N–H and O–H groups in total. The third kappa shape index (κ3) is 54.2. The van der Waals surface area contributed by atoms with Gasteiger partial charge in [-0.05, 0) is 12.8 Å². The minimum absolute atomic E-state index is 0.0374. The number of rotatable bonds is 55.